The smallest absolute Gasteiger partial charge is 0.102 e. The molecule has 2 aliphatic rings. The molecule has 50 valence electrons. The molecular formula is C8H12O. The number of epoxide rings is 1. The van der Waals surface area contributed by atoms with E-state index in [1.807, 2.05) is 0 Å². The average molecular weight is 124 g/mol. The molecule has 2 rings (SSSR count). The van der Waals surface area contributed by atoms with Gasteiger partial charge in [0.05, 0.1) is 6.61 Å². The molecule has 0 N–H and O–H groups in total. The highest BCUT2D eigenvalue weighted by atomic mass is 16.6. The average Bonchev–Trinajstić information content (AvgIpc) is 2.71. The normalized spacial score (nSPS) is 33.8. The summed E-state index contributed by atoms with van der Waals surface area (Å²) >= 11 is 0. The van der Waals surface area contributed by atoms with E-state index in [-0.39, 0.29) is 0 Å². The molecule has 1 saturated heterocycles. The second-order valence-electron chi connectivity index (χ2n) is 2.85. The first-order valence-corrected chi connectivity index (χ1v) is 3.77. The third-order valence-electron chi connectivity index (χ3n) is 2.07. The van der Waals surface area contributed by atoms with Crippen LogP contribution in [0.25, 0.3) is 0 Å². The van der Waals surface area contributed by atoms with Gasteiger partial charge in [0.25, 0.3) is 0 Å². The predicted octanol–water partition coefficient (Wildman–Crippen LogP) is 1.89. The van der Waals surface area contributed by atoms with Crippen LogP contribution in [0.5, 0.6) is 0 Å². The Labute approximate surface area is 55.7 Å². The molecule has 0 spiro atoms. The minimum atomic E-state index is 0.547. The Hall–Kier alpha value is -0.300. The van der Waals surface area contributed by atoms with Gasteiger partial charge in [0, 0.05) is 0 Å². The fourth-order valence-corrected chi connectivity index (χ4v) is 1.42. The number of ether oxygens (including phenoxy) is 1. The summed E-state index contributed by atoms with van der Waals surface area (Å²) < 4.78 is 5.18. The maximum atomic E-state index is 5.18. The van der Waals surface area contributed by atoms with E-state index in [1.165, 1.54) is 25.7 Å². The summed E-state index contributed by atoms with van der Waals surface area (Å²) in [5.41, 5.74) is 1.57. The lowest BCUT2D eigenvalue weighted by atomic mass is 9.98. The van der Waals surface area contributed by atoms with Crippen molar-refractivity contribution in [3.63, 3.8) is 0 Å². The quantitative estimate of drug-likeness (QED) is 0.384. The number of hydrogen-bond acceptors (Lipinski definition) is 1. The van der Waals surface area contributed by atoms with Crippen LogP contribution in [0.1, 0.15) is 25.7 Å². The van der Waals surface area contributed by atoms with Gasteiger partial charge in [-0.05, 0) is 31.3 Å². The van der Waals surface area contributed by atoms with E-state index >= 15 is 0 Å². The van der Waals surface area contributed by atoms with Crippen molar-refractivity contribution in [2.45, 2.75) is 31.8 Å². The zero-order valence-corrected chi connectivity index (χ0v) is 5.60. The number of hydrogen-bond donors (Lipinski definition) is 0. The molecule has 1 atom stereocenters. The first kappa shape index (κ1) is 5.48. The lowest BCUT2D eigenvalue weighted by Gasteiger charge is -2.08. The minimum Gasteiger partial charge on any atom is -0.368 e. The van der Waals surface area contributed by atoms with Crippen molar-refractivity contribution < 1.29 is 4.74 Å². The van der Waals surface area contributed by atoms with Crippen LogP contribution in [-0.4, -0.2) is 12.7 Å². The summed E-state index contributed by atoms with van der Waals surface area (Å²) in [6, 6.07) is 0. The van der Waals surface area contributed by atoms with Gasteiger partial charge >= 0.3 is 0 Å². The van der Waals surface area contributed by atoms with Crippen LogP contribution in [-0.2, 0) is 4.74 Å². The molecule has 1 heteroatoms. The molecule has 1 aliphatic carbocycles. The van der Waals surface area contributed by atoms with Crippen molar-refractivity contribution in [2.24, 2.45) is 0 Å². The van der Waals surface area contributed by atoms with Crippen LogP contribution < -0.4 is 0 Å². The van der Waals surface area contributed by atoms with E-state index < -0.39 is 0 Å². The highest BCUT2D eigenvalue weighted by Gasteiger charge is 2.27. The first-order chi connectivity index (χ1) is 4.47. The van der Waals surface area contributed by atoms with Crippen LogP contribution in [0.4, 0.5) is 0 Å². The van der Waals surface area contributed by atoms with Crippen LogP contribution in [0.3, 0.4) is 0 Å². The van der Waals surface area contributed by atoms with E-state index in [0.717, 1.165) is 6.61 Å². The molecule has 1 aliphatic heterocycles. The van der Waals surface area contributed by atoms with E-state index in [4.69, 9.17) is 4.74 Å². The van der Waals surface area contributed by atoms with Gasteiger partial charge in [-0.15, -0.1) is 0 Å². The van der Waals surface area contributed by atoms with Gasteiger partial charge in [-0.3, -0.25) is 0 Å². The zero-order chi connectivity index (χ0) is 6.10. The van der Waals surface area contributed by atoms with Crippen molar-refractivity contribution in [1.29, 1.82) is 0 Å². The number of allylic oxidation sites excluding steroid dienone is 1. The summed E-state index contributed by atoms with van der Waals surface area (Å²) in [5.74, 6) is 0. The van der Waals surface area contributed by atoms with Gasteiger partial charge in [-0.1, -0.05) is 6.08 Å². The molecule has 1 fully saturated rings. The second-order valence-corrected chi connectivity index (χ2v) is 2.85. The van der Waals surface area contributed by atoms with Gasteiger partial charge in [-0.25, -0.2) is 0 Å². The summed E-state index contributed by atoms with van der Waals surface area (Å²) in [6.45, 7) is 0.992. The fourth-order valence-electron chi connectivity index (χ4n) is 1.42. The molecule has 9 heavy (non-hydrogen) atoms. The van der Waals surface area contributed by atoms with Gasteiger partial charge in [-0.2, -0.15) is 0 Å². The molecule has 0 radical (unpaired) electrons. The topological polar surface area (TPSA) is 12.5 Å². The lowest BCUT2D eigenvalue weighted by molar-refractivity contribution is 0.423. The molecule has 0 amide bonds. The molecular weight excluding hydrogens is 112 g/mol. The monoisotopic (exact) mass is 124 g/mol. The highest BCUT2D eigenvalue weighted by Crippen LogP contribution is 2.28. The lowest BCUT2D eigenvalue weighted by Crippen LogP contribution is -1.97. The van der Waals surface area contributed by atoms with Crippen molar-refractivity contribution in [3.05, 3.63) is 11.6 Å². The van der Waals surface area contributed by atoms with Gasteiger partial charge < -0.3 is 4.74 Å². The highest BCUT2D eigenvalue weighted by molar-refractivity contribution is 5.14. The maximum absolute atomic E-state index is 5.18. The van der Waals surface area contributed by atoms with Crippen molar-refractivity contribution in [2.75, 3.05) is 6.61 Å². The Morgan fingerprint density at radius 1 is 1.44 bits per heavy atom. The first-order valence-electron chi connectivity index (χ1n) is 3.77. The molecule has 0 aromatic heterocycles. The van der Waals surface area contributed by atoms with Crippen LogP contribution in [0, 0.1) is 0 Å². The van der Waals surface area contributed by atoms with E-state index in [1.54, 1.807) is 5.57 Å². The van der Waals surface area contributed by atoms with Gasteiger partial charge in [0.1, 0.15) is 6.10 Å². The van der Waals surface area contributed by atoms with E-state index in [9.17, 15) is 0 Å². The van der Waals surface area contributed by atoms with Gasteiger partial charge in [0.2, 0.25) is 0 Å². The Morgan fingerprint density at radius 2 is 2.33 bits per heavy atom. The fraction of sp³-hybridized carbons (Fsp3) is 0.750. The minimum absolute atomic E-state index is 0.547. The van der Waals surface area contributed by atoms with Crippen LogP contribution >= 0.6 is 0 Å². The molecule has 0 aromatic rings. The van der Waals surface area contributed by atoms with Crippen molar-refractivity contribution in [1.82, 2.24) is 0 Å². The molecule has 1 heterocycles. The summed E-state index contributed by atoms with van der Waals surface area (Å²) in [7, 11) is 0. The maximum Gasteiger partial charge on any atom is 0.102 e. The summed E-state index contributed by atoms with van der Waals surface area (Å²) in [4.78, 5) is 0. The predicted molar refractivity (Wildman–Crippen MR) is 36.3 cm³/mol. The van der Waals surface area contributed by atoms with Gasteiger partial charge in [0.15, 0.2) is 0 Å². The third-order valence-corrected chi connectivity index (χ3v) is 2.07. The Balaban J connectivity index is 1.99. The summed E-state index contributed by atoms with van der Waals surface area (Å²) in [6.07, 6.45) is 8.26. The Morgan fingerprint density at radius 3 is 2.89 bits per heavy atom. The van der Waals surface area contributed by atoms with E-state index in [0.29, 0.717) is 6.10 Å². The molecule has 0 aromatic carbocycles. The number of rotatable bonds is 1. The zero-order valence-electron chi connectivity index (χ0n) is 5.60. The van der Waals surface area contributed by atoms with Crippen LogP contribution in [0.15, 0.2) is 11.6 Å². The standard InChI is InChI=1S/C8H12O/c1-2-4-7(5-3-1)8-6-9-8/h4,8H,1-3,5-6H2/t8-/m0/s1. The summed E-state index contributed by atoms with van der Waals surface area (Å²) in [5, 5.41) is 0. The molecule has 0 unspecified atom stereocenters. The molecule has 0 bridgehead atoms. The van der Waals surface area contributed by atoms with Crippen molar-refractivity contribution >= 4 is 0 Å². The Bertz CT molecular complexity index is 134. The van der Waals surface area contributed by atoms with E-state index in [2.05, 4.69) is 6.08 Å². The molecule has 0 saturated carbocycles. The third kappa shape index (κ3) is 1.16. The SMILES string of the molecule is C1=C([C@@H]2CO2)CCCC1. The van der Waals surface area contributed by atoms with Crippen molar-refractivity contribution in [3.8, 4) is 0 Å². The second kappa shape index (κ2) is 2.14. The largest absolute Gasteiger partial charge is 0.368 e. The van der Waals surface area contributed by atoms with Crippen LogP contribution in [0.2, 0.25) is 0 Å². The molecule has 1 nitrogen and oxygen atoms in total. The Kier molecular flexibility index (Phi) is 1.31.